The molecule has 0 amide bonds. The number of allylic oxidation sites excluding steroid dienone is 4. The quantitative estimate of drug-likeness (QED) is 0.390. The molecule has 0 spiro atoms. The molecule has 0 nitrogen and oxygen atoms in total. The molecule has 0 radical (unpaired) electrons. The van der Waals surface area contributed by atoms with Gasteiger partial charge in [0.1, 0.15) is 0 Å². The molecule has 0 heterocycles. The van der Waals surface area contributed by atoms with E-state index in [1.54, 1.807) is 5.57 Å². The summed E-state index contributed by atoms with van der Waals surface area (Å²) < 4.78 is 0. The third-order valence-electron chi connectivity index (χ3n) is 3.66. The zero-order valence-corrected chi connectivity index (χ0v) is 19.8. The van der Waals surface area contributed by atoms with Crippen molar-refractivity contribution < 1.29 is 31.1 Å². The molecule has 0 aliphatic heterocycles. The Bertz CT molecular complexity index is 589. The van der Waals surface area contributed by atoms with E-state index in [9.17, 15) is 0 Å². The van der Waals surface area contributed by atoms with Crippen molar-refractivity contribution in [2.45, 2.75) is 39.5 Å². The van der Waals surface area contributed by atoms with E-state index >= 15 is 0 Å². The van der Waals surface area contributed by atoms with Gasteiger partial charge in [-0.2, -0.15) is 23.1 Å². The Balaban J connectivity index is -0.000000310. The summed E-state index contributed by atoms with van der Waals surface area (Å²) in [5.74, 6) is 0. The van der Waals surface area contributed by atoms with Crippen LogP contribution in [0.4, 0.5) is 0 Å². The number of rotatable bonds is 4. The largest absolute Gasteiger partial charge is 4.00 e. The maximum atomic E-state index is 3.30. The number of fused-ring (bicyclic) bond motifs is 1. The average molecular weight is 430 g/mol. The van der Waals surface area contributed by atoms with Gasteiger partial charge in [0.15, 0.2) is 0 Å². The smallest absolute Gasteiger partial charge is 1.00 e. The van der Waals surface area contributed by atoms with Crippen LogP contribution in [0.1, 0.15) is 39.5 Å². The van der Waals surface area contributed by atoms with Crippen LogP contribution in [0.25, 0.3) is 10.8 Å². The average Bonchev–Trinajstić information content (AvgIpc) is 3.22. The molecule has 1 aliphatic rings. The Morgan fingerprint density at radius 2 is 1.73 bits per heavy atom. The second kappa shape index (κ2) is 19.5. The van der Waals surface area contributed by atoms with Gasteiger partial charge < -0.3 is 9.41 Å². The number of hydrogen-bond donors (Lipinski definition) is 0. The topological polar surface area (TPSA) is 0 Å². The minimum atomic E-state index is 0. The summed E-state index contributed by atoms with van der Waals surface area (Å²) >= 11 is 0. The fourth-order valence-electron chi connectivity index (χ4n) is 2.30. The van der Waals surface area contributed by atoms with Crippen molar-refractivity contribution in [2.24, 2.45) is 0 Å². The second-order valence-electron chi connectivity index (χ2n) is 5.60. The summed E-state index contributed by atoms with van der Waals surface area (Å²) in [6, 6.07) is 14.7. The van der Waals surface area contributed by atoms with Crippen LogP contribution in [0.3, 0.4) is 0 Å². The third kappa shape index (κ3) is 13.0. The minimum absolute atomic E-state index is 0. The molecule has 5 heteroatoms. The van der Waals surface area contributed by atoms with Gasteiger partial charge in [-0.25, -0.2) is 11.6 Å². The van der Waals surface area contributed by atoms with Gasteiger partial charge in [0.2, 0.25) is 0 Å². The van der Waals surface area contributed by atoms with E-state index in [0.717, 1.165) is 6.42 Å². The van der Waals surface area contributed by atoms with Crippen LogP contribution in [0.15, 0.2) is 59.7 Å². The van der Waals surface area contributed by atoms with Crippen molar-refractivity contribution in [1.82, 2.24) is 0 Å². The minimum Gasteiger partial charge on any atom is -1.00 e. The molecule has 0 aromatic heterocycles. The predicted octanol–water partition coefficient (Wildman–Crippen LogP) is 1.34. The third-order valence-corrected chi connectivity index (χ3v) is 5.66. The Morgan fingerprint density at radius 3 is 2.23 bits per heavy atom. The summed E-state index contributed by atoms with van der Waals surface area (Å²) in [5.41, 5.74) is 2.89. The molecule has 2 aromatic rings. The zero-order chi connectivity index (χ0) is 16.9. The predicted molar refractivity (Wildman–Crippen MR) is 113 cm³/mol. The van der Waals surface area contributed by atoms with Crippen molar-refractivity contribution in [1.29, 1.82) is 0 Å². The summed E-state index contributed by atoms with van der Waals surface area (Å²) in [6.45, 7) is 8.80. The fraction of sp³-hybridized carbons (Fsp3) is 0.381. The molecule has 0 fully saturated rings. The molecule has 1 aliphatic carbocycles. The first-order valence-corrected chi connectivity index (χ1v) is 12.4. The van der Waals surface area contributed by atoms with Crippen molar-refractivity contribution in [3.8, 4) is 0 Å². The number of halogens is 2. The molecule has 0 saturated heterocycles. The summed E-state index contributed by atoms with van der Waals surface area (Å²) in [4.78, 5) is 0. The van der Waals surface area contributed by atoms with E-state index in [1.165, 1.54) is 52.1 Å². The van der Waals surface area contributed by atoms with E-state index in [0.29, 0.717) is 0 Å². The zero-order valence-electron chi connectivity index (χ0n) is 16.2. The first-order chi connectivity index (χ1) is 11.2. The van der Waals surface area contributed by atoms with Gasteiger partial charge in [0.25, 0.3) is 0 Å². The van der Waals surface area contributed by atoms with Gasteiger partial charge in [0, 0.05) is 0 Å². The van der Waals surface area contributed by atoms with Gasteiger partial charge in [-0.1, -0.05) is 32.8 Å². The van der Waals surface area contributed by atoms with Crippen LogP contribution in [-0.2, 0) is 21.7 Å². The van der Waals surface area contributed by atoms with Crippen LogP contribution in [0.2, 0.25) is 0 Å². The molecule has 3 rings (SSSR count). The molecule has 0 bridgehead atoms. The normalized spacial score (nSPS) is 12.2. The Kier molecular flexibility index (Phi) is 22.9. The van der Waals surface area contributed by atoms with Crippen molar-refractivity contribution in [3.63, 3.8) is 0 Å². The molecule has 0 N–H and O–H groups in total. The van der Waals surface area contributed by atoms with E-state index < -0.39 is 0 Å². The van der Waals surface area contributed by atoms with Gasteiger partial charge in [-0.15, -0.1) is 52.6 Å². The maximum absolute atomic E-state index is 3.30. The van der Waals surface area contributed by atoms with Crippen LogP contribution in [0, 0.1) is 6.08 Å². The number of unbranched alkanes of at least 4 members (excludes halogenated alkanes) is 1. The molecule has 0 saturated carbocycles. The Morgan fingerprint density at radius 1 is 1.08 bits per heavy atom. The van der Waals surface area contributed by atoms with Crippen molar-refractivity contribution in [3.05, 3.63) is 65.8 Å². The van der Waals surface area contributed by atoms with Crippen molar-refractivity contribution in [2.75, 3.05) is 13.3 Å². The maximum Gasteiger partial charge on any atom is 4.00 e. The monoisotopic (exact) mass is 430 g/mol. The summed E-state index contributed by atoms with van der Waals surface area (Å²) in [5, 5.41) is 2.66. The van der Waals surface area contributed by atoms with E-state index in [2.05, 4.69) is 81.8 Å². The SMILES string of the molecule is CCCCC1=CC(C)=[C-]C1.CPPC.[F-].[F-].[Ti+4].c1ccc2[cH-]ccc2c1. The van der Waals surface area contributed by atoms with E-state index in [-0.39, 0.29) is 31.1 Å². The van der Waals surface area contributed by atoms with Crippen LogP contribution in [0.5, 0.6) is 0 Å². The first kappa shape index (κ1) is 30.5. The van der Waals surface area contributed by atoms with Gasteiger partial charge >= 0.3 is 21.7 Å². The Labute approximate surface area is 176 Å². The fourth-order valence-corrected chi connectivity index (χ4v) is 2.30. The molecular formula is C21H30F2P2Ti. The summed E-state index contributed by atoms with van der Waals surface area (Å²) in [7, 11) is 2.34. The molecule has 2 unspecified atom stereocenters. The number of hydrogen-bond acceptors (Lipinski definition) is 0. The molecule has 2 aromatic carbocycles. The van der Waals surface area contributed by atoms with E-state index in [4.69, 9.17) is 0 Å². The second-order valence-corrected chi connectivity index (χ2v) is 9.60. The number of benzene rings is 1. The molecule has 142 valence electrons. The van der Waals surface area contributed by atoms with Gasteiger partial charge in [0.05, 0.1) is 0 Å². The van der Waals surface area contributed by atoms with E-state index in [1.807, 2.05) is 0 Å². The summed E-state index contributed by atoms with van der Waals surface area (Å²) in [6.07, 6.45) is 10.6. The van der Waals surface area contributed by atoms with Crippen LogP contribution >= 0.6 is 16.5 Å². The van der Waals surface area contributed by atoms with Crippen molar-refractivity contribution >= 4 is 27.3 Å². The van der Waals surface area contributed by atoms with Gasteiger partial charge in [-0.3, -0.25) is 6.08 Å². The van der Waals surface area contributed by atoms with Crippen LogP contribution < -0.4 is 9.41 Å². The molecule has 26 heavy (non-hydrogen) atoms. The Hall–Kier alpha value is -0.256. The standard InChI is InChI=1S/C10H15.C9H7.C2H8P2.2FH.Ti/c1-3-4-5-10-7-6-9(2)8-10;1-2-5-9-7-3-6-8(9)4-1;1-3-4-2;;;/h8H,3-5,7H2,1-2H3;1-7H;3-4H,1-2H3;2*1H;/q2*-1;;;;+4/p-2. The molecule has 2 atom stereocenters. The van der Waals surface area contributed by atoms with Crippen LogP contribution in [-0.4, -0.2) is 13.3 Å². The first-order valence-electron chi connectivity index (χ1n) is 8.42. The van der Waals surface area contributed by atoms with Gasteiger partial charge in [-0.05, 0) is 19.8 Å². The molecular weight excluding hydrogens is 400 g/mol.